The van der Waals surface area contributed by atoms with Crippen LogP contribution in [-0.2, 0) is 6.54 Å². The molecule has 1 aromatic rings. The van der Waals surface area contributed by atoms with E-state index in [2.05, 4.69) is 15.3 Å². The number of nitrogens with zero attached hydrogens (tertiary/aromatic N) is 2. The molecule has 0 spiro atoms. The molecule has 0 unspecified atom stereocenters. The molecule has 2 nitrogen and oxygen atoms in total. The molecule has 1 aromatic heterocycles. The molecule has 1 aliphatic carbocycles. The average molecular weight is 250 g/mol. The molecule has 0 N–H and O–H groups in total. The Bertz CT molecular complexity index is 330. The van der Waals surface area contributed by atoms with Crippen LogP contribution in [-0.4, -0.2) is 23.0 Å². The predicted molar refractivity (Wildman–Crippen MR) is 72.1 cm³/mol. The minimum Gasteiger partial charge on any atom is -0.297 e. The van der Waals surface area contributed by atoms with Gasteiger partial charge in [0.15, 0.2) is 0 Å². The highest BCUT2D eigenvalue weighted by Gasteiger charge is 2.30. The molecule has 0 bridgehead atoms. The van der Waals surface area contributed by atoms with Crippen molar-refractivity contribution in [3.05, 3.63) is 16.6 Å². The van der Waals surface area contributed by atoms with Gasteiger partial charge in [-0.25, -0.2) is 4.98 Å². The Balaban J connectivity index is 1.51. The molecule has 94 valence electrons. The summed E-state index contributed by atoms with van der Waals surface area (Å²) < 4.78 is 0. The lowest BCUT2D eigenvalue weighted by Gasteiger charge is -2.27. The summed E-state index contributed by atoms with van der Waals surface area (Å²) in [5.74, 6) is 2.01. The molecule has 2 heterocycles. The maximum atomic E-state index is 4.39. The zero-order valence-electron chi connectivity index (χ0n) is 10.5. The van der Waals surface area contributed by atoms with Gasteiger partial charge in [0.25, 0.3) is 0 Å². The minimum atomic E-state index is 0.980. The zero-order valence-corrected chi connectivity index (χ0v) is 11.3. The lowest BCUT2D eigenvalue weighted by molar-refractivity contribution is 0.234. The molecule has 1 aliphatic heterocycles. The predicted octanol–water partition coefficient (Wildman–Crippen LogP) is 3.55. The smallest absolute Gasteiger partial charge is 0.0795 e. The summed E-state index contributed by atoms with van der Waals surface area (Å²) in [7, 11) is 0. The number of thiazole rings is 1. The topological polar surface area (TPSA) is 16.1 Å². The molecule has 1 saturated carbocycles. The number of hydrogen-bond donors (Lipinski definition) is 0. The molecule has 0 aromatic carbocycles. The summed E-state index contributed by atoms with van der Waals surface area (Å²) in [6.45, 7) is 3.69. The molecule has 1 saturated heterocycles. The summed E-state index contributed by atoms with van der Waals surface area (Å²) in [6, 6.07) is 0. The molecule has 3 heteroatoms. The lowest BCUT2D eigenvalue weighted by Crippen LogP contribution is -2.24. The molecular formula is C14H22N2S. The summed E-state index contributed by atoms with van der Waals surface area (Å²) in [5.41, 5.74) is 3.21. The Morgan fingerprint density at radius 2 is 2.06 bits per heavy atom. The first-order valence-corrected chi connectivity index (χ1v) is 7.95. The second-order valence-electron chi connectivity index (χ2n) is 5.66. The molecule has 1 atom stereocenters. The van der Waals surface area contributed by atoms with E-state index >= 15 is 0 Å². The number of likely N-dealkylation sites (tertiary alicyclic amines) is 1. The Hall–Kier alpha value is -0.410. The normalized spacial score (nSPS) is 27.6. The maximum Gasteiger partial charge on any atom is 0.0795 e. The maximum absolute atomic E-state index is 4.39. The molecular weight excluding hydrogens is 228 g/mol. The van der Waals surface area contributed by atoms with Crippen molar-refractivity contribution in [3.63, 3.8) is 0 Å². The standard InChI is InChI=1S/C14H22N2S/c1-2-4-12(5-3-1)13-6-7-16(8-13)9-14-10-17-11-15-14/h10-13H,1-9H2/t13-/m0/s1. The van der Waals surface area contributed by atoms with Crippen LogP contribution in [0.3, 0.4) is 0 Å². The van der Waals surface area contributed by atoms with Gasteiger partial charge in [-0.2, -0.15) is 0 Å². The zero-order chi connectivity index (χ0) is 11.5. The van der Waals surface area contributed by atoms with Crippen molar-refractivity contribution in [3.8, 4) is 0 Å². The largest absolute Gasteiger partial charge is 0.297 e. The molecule has 2 aliphatic rings. The van der Waals surface area contributed by atoms with E-state index in [0.717, 1.165) is 18.4 Å². The first kappa shape index (κ1) is 11.7. The second-order valence-corrected chi connectivity index (χ2v) is 6.38. The molecule has 2 fully saturated rings. The SMILES string of the molecule is c1nc(CN2CC[C@H](C3CCCCC3)C2)cs1. The summed E-state index contributed by atoms with van der Waals surface area (Å²) >= 11 is 1.71. The Labute approximate surface area is 108 Å². The minimum absolute atomic E-state index is 0.980. The van der Waals surface area contributed by atoms with E-state index in [1.54, 1.807) is 11.3 Å². The van der Waals surface area contributed by atoms with Gasteiger partial charge < -0.3 is 0 Å². The van der Waals surface area contributed by atoms with Crippen molar-refractivity contribution in [2.75, 3.05) is 13.1 Å². The van der Waals surface area contributed by atoms with Gasteiger partial charge in [0, 0.05) is 18.5 Å². The third kappa shape index (κ3) is 2.89. The van der Waals surface area contributed by atoms with Gasteiger partial charge in [0.2, 0.25) is 0 Å². The van der Waals surface area contributed by atoms with E-state index in [1.165, 1.54) is 57.3 Å². The fraction of sp³-hybridized carbons (Fsp3) is 0.786. The van der Waals surface area contributed by atoms with Crippen molar-refractivity contribution in [1.82, 2.24) is 9.88 Å². The van der Waals surface area contributed by atoms with E-state index in [1.807, 2.05) is 5.51 Å². The number of hydrogen-bond acceptors (Lipinski definition) is 3. The highest BCUT2D eigenvalue weighted by molar-refractivity contribution is 7.07. The van der Waals surface area contributed by atoms with E-state index in [9.17, 15) is 0 Å². The first-order chi connectivity index (χ1) is 8.42. The van der Waals surface area contributed by atoms with Crippen LogP contribution in [0.4, 0.5) is 0 Å². The monoisotopic (exact) mass is 250 g/mol. The van der Waals surface area contributed by atoms with Gasteiger partial charge >= 0.3 is 0 Å². The van der Waals surface area contributed by atoms with Crippen molar-refractivity contribution < 1.29 is 0 Å². The van der Waals surface area contributed by atoms with E-state index in [-0.39, 0.29) is 0 Å². The van der Waals surface area contributed by atoms with Crippen molar-refractivity contribution in [1.29, 1.82) is 0 Å². The summed E-state index contributed by atoms with van der Waals surface area (Å²) in [5, 5.41) is 2.19. The Kier molecular flexibility index (Phi) is 3.77. The number of rotatable bonds is 3. The van der Waals surface area contributed by atoms with Crippen molar-refractivity contribution in [2.24, 2.45) is 11.8 Å². The highest BCUT2D eigenvalue weighted by atomic mass is 32.1. The third-order valence-corrected chi connectivity index (χ3v) is 5.13. The quantitative estimate of drug-likeness (QED) is 0.815. The van der Waals surface area contributed by atoms with Gasteiger partial charge in [0.05, 0.1) is 11.2 Å². The Morgan fingerprint density at radius 3 is 2.82 bits per heavy atom. The van der Waals surface area contributed by atoms with E-state index in [0.29, 0.717) is 0 Å². The van der Waals surface area contributed by atoms with Gasteiger partial charge in [-0.1, -0.05) is 32.1 Å². The van der Waals surface area contributed by atoms with Gasteiger partial charge in [-0.15, -0.1) is 11.3 Å². The molecule has 0 radical (unpaired) electrons. The molecule has 3 rings (SSSR count). The molecule has 17 heavy (non-hydrogen) atoms. The van der Waals surface area contributed by atoms with Crippen LogP contribution < -0.4 is 0 Å². The molecule has 0 amide bonds. The van der Waals surface area contributed by atoms with E-state index < -0.39 is 0 Å². The van der Waals surface area contributed by atoms with Crippen LogP contribution in [0, 0.1) is 11.8 Å². The van der Waals surface area contributed by atoms with E-state index in [4.69, 9.17) is 0 Å². The van der Waals surface area contributed by atoms with Crippen molar-refractivity contribution >= 4 is 11.3 Å². The first-order valence-electron chi connectivity index (χ1n) is 7.01. The van der Waals surface area contributed by atoms with Crippen LogP contribution >= 0.6 is 11.3 Å². The highest BCUT2D eigenvalue weighted by Crippen LogP contribution is 2.35. The van der Waals surface area contributed by atoms with Crippen LogP contribution in [0.15, 0.2) is 10.9 Å². The fourth-order valence-electron chi connectivity index (χ4n) is 3.54. The van der Waals surface area contributed by atoms with Crippen molar-refractivity contribution in [2.45, 2.75) is 45.1 Å². The summed E-state index contributed by atoms with van der Waals surface area (Å²) in [4.78, 5) is 7.00. The number of aromatic nitrogens is 1. The fourth-order valence-corrected chi connectivity index (χ4v) is 4.09. The van der Waals surface area contributed by atoms with Gasteiger partial charge in [0.1, 0.15) is 0 Å². The van der Waals surface area contributed by atoms with Gasteiger partial charge in [-0.3, -0.25) is 4.90 Å². The Morgan fingerprint density at radius 1 is 1.18 bits per heavy atom. The lowest BCUT2D eigenvalue weighted by atomic mass is 9.80. The third-order valence-electron chi connectivity index (χ3n) is 4.49. The van der Waals surface area contributed by atoms with Crippen LogP contribution in [0.2, 0.25) is 0 Å². The average Bonchev–Trinajstić information content (AvgIpc) is 3.02. The van der Waals surface area contributed by atoms with Crippen LogP contribution in [0.1, 0.15) is 44.2 Å². The summed E-state index contributed by atoms with van der Waals surface area (Å²) in [6.07, 6.45) is 8.85. The van der Waals surface area contributed by atoms with Gasteiger partial charge in [-0.05, 0) is 24.8 Å². The van der Waals surface area contributed by atoms with Crippen LogP contribution in [0.5, 0.6) is 0 Å². The second kappa shape index (κ2) is 5.49. The van der Waals surface area contributed by atoms with Crippen LogP contribution in [0.25, 0.3) is 0 Å².